The van der Waals surface area contributed by atoms with Crippen LogP contribution in [0, 0.1) is 0 Å². The molecule has 0 saturated carbocycles. The van der Waals surface area contributed by atoms with E-state index in [1.807, 2.05) is 18.5 Å². The Bertz CT molecular complexity index is 354. The average molecular weight is 250 g/mol. The minimum atomic E-state index is -0.211. The van der Waals surface area contributed by atoms with Crippen molar-refractivity contribution in [1.82, 2.24) is 9.88 Å². The lowest BCUT2D eigenvalue weighted by Gasteiger charge is -2.18. The van der Waals surface area contributed by atoms with Crippen LogP contribution in [-0.2, 0) is 9.53 Å². The van der Waals surface area contributed by atoms with Crippen LogP contribution < -0.4 is 0 Å². The number of nitrogens with zero attached hydrogens (tertiary/aromatic N) is 2. The fourth-order valence-electron chi connectivity index (χ4n) is 2.11. The topological polar surface area (TPSA) is 42.4 Å². The van der Waals surface area contributed by atoms with Crippen LogP contribution in [0.3, 0.4) is 0 Å². The normalized spacial score (nSPS) is 18.9. The van der Waals surface area contributed by atoms with Gasteiger partial charge in [-0.15, -0.1) is 0 Å². The average Bonchev–Trinajstić information content (AvgIpc) is 2.77. The van der Waals surface area contributed by atoms with Crippen LogP contribution in [0.5, 0.6) is 0 Å². The molecule has 1 atom stereocenters. The summed E-state index contributed by atoms with van der Waals surface area (Å²) < 4.78 is 4.40. The van der Waals surface area contributed by atoms with Crippen molar-refractivity contribution < 1.29 is 9.53 Å². The second-order valence-corrected chi connectivity index (χ2v) is 4.35. The number of hydrogen-bond donors (Lipinski definition) is 0. The predicted molar refractivity (Wildman–Crippen MR) is 71.1 cm³/mol. The highest BCUT2D eigenvalue weighted by Crippen LogP contribution is 2.29. The van der Waals surface area contributed by atoms with Gasteiger partial charge in [-0.2, -0.15) is 0 Å². The second-order valence-electron chi connectivity index (χ2n) is 4.35. The highest BCUT2D eigenvalue weighted by molar-refractivity contribution is 5.65. The van der Waals surface area contributed by atoms with E-state index in [-0.39, 0.29) is 5.97 Å². The summed E-state index contributed by atoms with van der Waals surface area (Å²) in [4.78, 5) is 16.4. The first-order chi connectivity index (χ1) is 8.65. The van der Waals surface area contributed by atoms with E-state index in [0.29, 0.717) is 12.6 Å². The van der Waals surface area contributed by atoms with Crippen LogP contribution in [0.25, 0.3) is 0 Å². The first kappa shape index (κ1) is 14.6. The molecule has 0 aliphatic carbocycles. The van der Waals surface area contributed by atoms with E-state index in [9.17, 15) is 4.79 Å². The Morgan fingerprint density at radius 1 is 1.61 bits per heavy atom. The molecule has 1 aliphatic rings. The molecular formula is C14H22N2O2. The Balaban J connectivity index is 0.000000232. The first-order valence-electron chi connectivity index (χ1n) is 6.38. The van der Waals surface area contributed by atoms with Crippen molar-refractivity contribution in [2.24, 2.45) is 0 Å². The Hall–Kier alpha value is -1.42. The van der Waals surface area contributed by atoms with Crippen molar-refractivity contribution in [3.05, 3.63) is 30.1 Å². The lowest BCUT2D eigenvalue weighted by atomic mass is 10.1. The molecule has 0 N–H and O–H groups in total. The Morgan fingerprint density at radius 2 is 2.39 bits per heavy atom. The van der Waals surface area contributed by atoms with Gasteiger partial charge in [-0.25, -0.2) is 0 Å². The molecule has 4 heteroatoms. The third-order valence-corrected chi connectivity index (χ3v) is 2.94. The van der Waals surface area contributed by atoms with Crippen LogP contribution in [0.15, 0.2) is 24.5 Å². The summed E-state index contributed by atoms with van der Waals surface area (Å²) in [5.41, 5.74) is 1.36. The SMILES string of the molecule is CCOC(C)=O.CN1CCCC1c1cccnc1. The summed E-state index contributed by atoms with van der Waals surface area (Å²) in [6, 6.07) is 4.79. The molecule has 100 valence electrons. The van der Waals surface area contributed by atoms with Gasteiger partial charge in [0.25, 0.3) is 0 Å². The zero-order valence-corrected chi connectivity index (χ0v) is 11.4. The Labute approximate surface area is 109 Å². The molecule has 1 unspecified atom stereocenters. The minimum absolute atomic E-state index is 0.211. The zero-order valence-electron chi connectivity index (χ0n) is 11.4. The maximum absolute atomic E-state index is 9.82. The van der Waals surface area contributed by atoms with Crippen molar-refractivity contribution in [2.45, 2.75) is 32.7 Å². The van der Waals surface area contributed by atoms with Crippen LogP contribution in [0.1, 0.15) is 38.3 Å². The first-order valence-corrected chi connectivity index (χ1v) is 6.38. The monoisotopic (exact) mass is 250 g/mol. The molecule has 2 heterocycles. The van der Waals surface area contributed by atoms with E-state index >= 15 is 0 Å². The van der Waals surface area contributed by atoms with Gasteiger partial charge in [0, 0.05) is 25.4 Å². The number of likely N-dealkylation sites (tertiary alicyclic amines) is 1. The summed E-state index contributed by atoms with van der Waals surface area (Å²) >= 11 is 0. The molecule has 18 heavy (non-hydrogen) atoms. The molecule has 1 saturated heterocycles. The third-order valence-electron chi connectivity index (χ3n) is 2.94. The Morgan fingerprint density at radius 3 is 2.78 bits per heavy atom. The molecule has 0 radical (unpaired) electrons. The van der Waals surface area contributed by atoms with E-state index in [1.54, 1.807) is 6.92 Å². The summed E-state index contributed by atoms with van der Waals surface area (Å²) in [5.74, 6) is -0.211. The summed E-state index contributed by atoms with van der Waals surface area (Å²) in [6.07, 6.45) is 6.41. The van der Waals surface area contributed by atoms with E-state index in [1.165, 1.54) is 31.9 Å². The molecule has 1 aromatic heterocycles. The summed E-state index contributed by atoms with van der Waals surface area (Å²) in [5, 5.41) is 0. The van der Waals surface area contributed by atoms with Crippen LogP contribution >= 0.6 is 0 Å². The van der Waals surface area contributed by atoms with Crippen molar-refractivity contribution in [3.8, 4) is 0 Å². The standard InChI is InChI=1S/C10H14N2.C4H8O2/c1-12-7-3-5-10(12)9-4-2-6-11-8-9;1-3-6-4(2)5/h2,4,6,8,10H,3,5,7H2,1H3;3H2,1-2H3. The molecule has 2 rings (SSSR count). The molecular weight excluding hydrogens is 228 g/mol. The van der Waals surface area contributed by atoms with Gasteiger partial charge in [-0.05, 0) is 45.0 Å². The summed E-state index contributed by atoms with van der Waals surface area (Å²) in [6.45, 7) is 4.87. The molecule has 0 aromatic carbocycles. The van der Waals surface area contributed by atoms with Crippen LogP contribution in [0.4, 0.5) is 0 Å². The molecule has 0 amide bonds. The van der Waals surface area contributed by atoms with Gasteiger partial charge in [-0.3, -0.25) is 14.7 Å². The molecule has 0 spiro atoms. The van der Waals surface area contributed by atoms with Crippen molar-refractivity contribution in [1.29, 1.82) is 0 Å². The van der Waals surface area contributed by atoms with E-state index in [4.69, 9.17) is 0 Å². The van der Waals surface area contributed by atoms with Crippen LogP contribution in [-0.4, -0.2) is 36.1 Å². The molecule has 1 fully saturated rings. The maximum Gasteiger partial charge on any atom is 0.302 e. The Kier molecular flexibility index (Phi) is 6.36. The predicted octanol–water partition coefficient (Wildman–Crippen LogP) is 2.42. The molecule has 1 aromatic rings. The van der Waals surface area contributed by atoms with Gasteiger partial charge >= 0.3 is 5.97 Å². The van der Waals surface area contributed by atoms with Gasteiger partial charge < -0.3 is 4.74 Å². The van der Waals surface area contributed by atoms with E-state index < -0.39 is 0 Å². The molecule has 1 aliphatic heterocycles. The largest absolute Gasteiger partial charge is 0.466 e. The van der Waals surface area contributed by atoms with Gasteiger partial charge in [0.1, 0.15) is 0 Å². The van der Waals surface area contributed by atoms with Crippen molar-refractivity contribution in [2.75, 3.05) is 20.2 Å². The molecule has 0 bridgehead atoms. The maximum atomic E-state index is 9.82. The van der Waals surface area contributed by atoms with Gasteiger partial charge in [-0.1, -0.05) is 6.07 Å². The van der Waals surface area contributed by atoms with E-state index in [2.05, 4.69) is 27.7 Å². The minimum Gasteiger partial charge on any atom is -0.466 e. The highest BCUT2D eigenvalue weighted by Gasteiger charge is 2.21. The number of ether oxygens (including phenoxy) is 1. The number of esters is 1. The fraction of sp³-hybridized carbons (Fsp3) is 0.571. The van der Waals surface area contributed by atoms with Crippen molar-refractivity contribution >= 4 is 5.97 Å². The number of hydrogen-bond acceptors (Lipinski definition) is 4. The fourth-order valence-corrected chi connectivity index (χ4v) is 2.11. The molecule has 4 nitrogen and oxygen atoms in total. The quantitative estimate of drug-likeness (QED) is 0.756. The number of carbonyl (C=O) groups is 1. The van der Waals surface area contributed by atoms with Gasteiger partial charge in [0.05, 0.1) is 6.61 Å². The number of pyridine rings is 1. The van der Waals surface area contributed by atoms with E-state index in [0.717, 1.165) is 0 Å². The summed E-state index contributed by atoms with van der Waals surface area (Å²) in [7, 11) is 2.19. The number of aromatic nitrogens is 1. The zero-order chi connectivity index (χ0) is 13.4. The van der Waals surface area contributed by atoms with Crippen molar-refractivity contribution in [3.63, 3.8) is 0 Å². The number of carbonyl (C=O) groups excluding carboxylic acids is 1. The third kappa shape index (κ3) is 4.84. The van der Waals surface area contributed by atoms with Gasteiger partial charge in [0.2, 0.25) is 0 Å². The lowest BCUT2D eigenvalue weighted by Crippen LogP contribution is -2.17. The lowest BCUT2D eigenvalue weighted by molar-refractivity contribution is -0.140. The highest BCUT2D eigenvalue weighted by atomic mass is 16.5. The second kappa shape index (κ2) is 7.82. The smallest absolute Gasteiger partial charge is 0.302 e. The van der Waals surface area contributed by atoms with Crippen LogP contribution in [0.2, 0.25) is 0 Å². The van der Waals surface area contributed by atoms with Gasteiger partial charge in [0.15, 0.2) is 0 Å². The number of rotatable bonds is 2.